The lowest BCUT2D eigenvalue weighted by atomic mass is 10.1. The van der Waals surface area contributed by atoms with Crippen molar-refractivity contribution in [3.8, 4) is 6.07 Å². The third-order valence-electron chi connectivity index (χ3n) is 3.08. The Bertz CT molecular complexity index is 666. The number of amides is 3. The maximum atomic E-state index is 12.9. The number of nitriles is 1. The first-order chi connectivity index (χ1) is 10.3. The molecule has 0 spiro atoms. The summed E-state index contributed by atoms with van der Waals surface area (Å²) in [6, 6.07) is 3.03. The Hall–Kier alpha value is -2.63. The Morgan fingerprint density at radius 2 is 1.95 bits per heavy atom. The van der Waals surface area contributed by atoms with E-state index in [1.807, 2.05) is 0 Å². The molecule has 1 heterocycles. The Kier molecular flexibility index (Phi) is 4.03. The number of carbonyl (C=O) groups is 2. The fraction of sp³-hybridized carbons (Fsp3) is 0.308. The van der Waals surface area contributed by atoms with Gasteiger partial charge in [0.25, 0.3) is 5.91 Å². The average Bonchev–Trinajstić information content (AvgIpc) is 2.72. The number of rotatable bonds is 3. The van der Waals surface area contributed by atoms with E-state index in [9.17, 15) is 27.2 Å². The summed E-state index contributed by atoms with van der Waals surface area (Å²) in [5, 5.41) is 8.71. The van der Waals surface area contributed by atoms with Gasteiger partial charge in [0.2, 0.25) is 0 Å². The molecule has 2 rings (SSSR count). The van der Waals surface area contributed by atoms with E-state index in [0.29, 0.717) is 11.0 Å². The third kappa shape index (κ3) is 2.72. The summed E-state index contributed by atoms with van der Waals surface area (Å²) >= 11 is 0. The maximum Gasteiger partial charge on any atom is 0.417 e. The van der Waals surface area contributed by atoms with Crippen molar-refractivity contribution in [2.75, 3.05) is 24.7 Å². The minimum atomic E-state index is -4.80. The van der Waals surface area contributed by atoms with Gasteiger partial charge in [0.1, 0.15) is 13.2 Å². The molecule has 9 heteroatoms. The Labute approximate surface area is 122 Å². The smallest absolute Gasteiger partial charge is 0.312 e. The largest absolute Gasteiger partial charge is 0.417 e. The number of hydrogen-bond acceptors (Lipinski definition) is 3. The van der Waals surface area contributed by atoms with Crippen molar-refractivity contribution >= 4 is 17.6 Å². The molecular formula is C13H9F4N3O2. The van der Waals surface area contributed by atoms with Gasteiger partial charge in [-0.15, -0.1) is 0 Å². The molecule has 1 aromatic rings. The van der Waals surface area contributed by atoms with E-state index < -0.39 is 42.5 Å². The van der Waals surface area contributed by atoms with E-state index in [1.165, 1.54) is 6.07 Å². The third-order valence-corrected chi connectivity index (χ3v) is 3.08. The lowest BCUT2D eigenvalue weighted by molar-refractivity contribution is -0.137. The number of anilines is 1. The van der Waals surface area contributed by atoms with Crippen molar-refractivity contribution in [2.24, 2.45) is 0 Å². The first kappa shape index (κ1) is 15.8. The van der Waals surface area contributed by atoms with Crippen LogP contribution in [0.4, 0.5) is 28.0 Å². The molecule has 1 saturated heterocycles. The van der Waals surface area contributed by atoms with E-state index in [4.69, 9.17) is 5.26 Å². The van der Waals surface area contributed by atoms with Crippen LogP contribution in [0.3, 0.4) is 0 Å². The van der Waals surface area contributed by atoms with Crippen LogP contribution in [0.2, 0.25) is 0 Å². The standard InChI is InChI=1S/C13H9F4N3O2/c14-3-4-19-7-11(21)20(12(19)22)9-2-1-8(6-18)10(5-9)13(15,16)17/h1-2,5H,3-4,7H2. The predicted octanol–water partition coefficient (Wildman–Crippen LogP) is 2.32. The van der Waals surface area contributed by atoms with Crippen LogP contribution in [0.15, 0.2) is 18.2 Å². The molecule has 1 aliphatic rings. The normalized spacial score (nSPS) is 15.4. The number of alkyl halides is 4. The molecule has 0 atom stereocenters. The van der Waals surface area contributed by atoms with Crippen molar-refractivity contribution < 1.29 is 27.2 Å². The van der Waals surface area contributed by atoms with Crippen molar-refractivity contribution in [1.82, 2.24) is 4.90 Å². The highest BCUT2D eigenvalue weighted by atomic mass is 19.4. The molecule has 0 aromatic heterocycles. The van der Waals surface area contributed by atoms with Gasteiger partial charge in [-0.05, 0) is 18.2 Å². The van der Waals surface area contributed by atoms with Gasteiger partial charge in [0.15, 0.2) is 0 Å². The molecule has 0 unspecified atom stereocenters. The first-order valence-corrected chi connectivity index (χ1v) is 6.08. The zero-order chi connectivity index (χ0) is 16.5. The van der Waals surface area contributed by atoms with Crippen LogP contribution in [-0.4, -0.2) is 36.6 Å². The quantitative estimate of drug-likeness (QED) is 0.635. The summed E-state index contributed by atoms with van der Waals surface area (Å²) in [6.07, 6.45) is -4.80. The van der Waals surface area contributed by atoms with E-state index in [-0.39, 0.29) is 12.2 Å². The molecule has 5 nitrogen and oxygen atoms in total. The van der Waals surface area contributed by atoms with Crippen LogP contribution >= 0.6 is 0 Å². The second-order valence-corrected chi connectivity index (χ2v) is 4.46. The number of halogens is 4. The zero-order valence-electron chi connectivity index (χ0n) is 11.0. The topological polar surface area (TPSA) is 64.4 Å². The molecule has 1 aromatic carbocycles. The van der Waals surface area contributed by atoms with Gasteiger partial charge >= 0.3 is 12.2 Å². The molecule has 0 bridgehead atoms. The van der Waals surface area contributed by atoms with Gasteiger partial charge in [-0.1, -0.05) is 0 Å². The number of nitrogens with zero attached hydrogens (tertiary/aromatic N) is 3. The van der Waals surface area contributed by atoms with Gasteiger partial charge in [0, 0.05) is 0 Å². The number of hydrogen-bond donors (Lipinski definition) is 0. The number of urea groups is 1. The summed E-state index contributed by atoms with van der Waals surface area (Å²) in [5.41, 5.74) is -2.16. The van der Waals surface area contributed by atoms with E-state index in [1.54, 1.807) is 0 Å². The number of carbonyl (C=O) groups excluding carboxylic acids is 2. The molecule has 22 heavy (non-hydrogen) atoms. The second-order valence-electron chi connectivity index (χ2n) is 4.46. The van der Waals surface area contributed by atoms with E-state index in [2.05, 4.69) is 0 Å². The van der Waals surface area contributed by atoms with Gasteiger partial charge in [0.05, 0.1) is 29.4 Å². The van der Waals surface area contributed by atoms with Gasteiger partial charge in [-0.25, -0.2) is 14.1 Å². The summed E-state index contributed by atoms with van der Waals surface area (Å²) in [4.78, 5) is 25.2. The van der Waals surface area contributed by atoms with Gasteiger partial charge < -0.3 is 4.90 Å². The first-order valence-electron chi connectivity index (χ1n) is 6.08. The maximum absolute atomic E-state index is 12.9. The summed E-state index contributed by atoms with van der Waals surface area (Å²) in [7, 11) is 0. The van der Waals surface area contributed by atoms with Crippen LogP contribution in [0, 0.1) is 11.3 Å². The highest BCUT2D eigenvalue weighted by molar-refractivity contribution is 6.19. The summed E-state index contributed by atoms with van der Waals surface area (Å²) in [5.74, 6) is -0.753. The van der Waals surface area contributed by atoms with Crippen molar-refractivity contribution in [3.63, 3.8) is 0 Å². The van der Waals surface area contributed by atoms with Gasteiger partial charge in [-0.3, -0.25) is 4.79 Å². The average molecular weight is 315 g/mol. The van der Waals surface area contributed by atoms with Crippen molar-refractivity contribution in [1.29, 1.82) is 5.26 Å². The summed E-state index contributed by atoms with van der Waals surface area (Å²) in [6.45, 7) is -1.58. The van der Waals surface area contributed by atoms with E-state index >= 15 is 0 Å². The molecule has 0 saturated carbocycles. The van der Waals surface area contributed by atoms with Crippen molar-refractivity contribution in [2.45, 2.75) is 6.18 Å². The SMILES string of the molecule is N#Cc1ccc(N2C(=O)CN(CCF)C2=O)cc1C(F)(F)F. The molecular weight excluding hydrogens is 306 g/mol. The molecule has 0 N–H and O–H groups in total. The van der Waals surface area contributed by atoms with Gasteiger partial charge in [-0.2, -0.15) is 18.4 Å². The minimum absolute atomic E-state index is 0.303. The highest BCUT2D eigenvalue weighted by Crippen LogP contribution is 2.35. The molecule has 0 aliphatic carbocycles. The van der Waals surface area contributed by atoms with Crippen LogP contribution in [0.1, 0.15) is 11.1 Å². The van der Waals surface area contributed by atoms with Crippen LogP contribution < -0.4 is 4.90 Å². The minimum Gasteiger partial charge on any atom is -0.312 e. The molecule has 1 aliphatic heterocycles. The lowest BCUT2D eigenvalue weighted by Gasteiger charge is -2.18. The fourth-order valence-electron chi connectivity index (χ4n) is 2.08. The molecule has 3 amide bonds. The Morgan fingerprint density at radius 3 is 2.50 bits per heavy atom. The predicted molar refractivity (Wildman–Crippen MR) is 66.6 cm³/mol. The van der Waals surface area contributed by atoms with Crippen LogP contribution in [0.5, 0.6) is 0 Å². The highest BCUT2D eigenvalue weighted by Gasteiger charge is 2.39. The molecule has 1 fully saturated rings. The fourth-order valence-corrected chi connectivity index (χ4v) is 2.08. The van der Waals surface area contributed by atoms with Crippen molar-refractivity contribution in [3.05, 3.63) is 29.3 Å². The molecule has 116 valence electrons. The van der Waals surface area contributed by atoms with Crippen LogP contribution in [0.25, 0.3) is 0 Å². The number of benzene rings is 1. The van der Waals surface area contributed by atoms with E-state index in [0.717, 1.165) is 17.0 Å². The zero-order valence-corrected chi connectivity index (χ0v) is 11.0. The lowest BCUT2D eigenvalue weighted by Crippen LogP contribution is -2.34. The molecule has 0 radical (unpaired) electrons. The monoisotopic (exact) mass is 315 g/mol. The number of imide groups is 1. The van der Waals surface area contributed by atoms with Crippen LogP contribution in [-0.2, 0) is 11.0 Å². The summed E-state index contributed by atoms with van der Waals surface area (Å²) < 4.78 is 51.0. The second kappa shape index (κ2) is 5.63. The Balaban J connectivity index is 2.44. The Morgan fingerprint density at radius 1 is 1.27 bits per heavy atom.